The number of aromatic nitrogens is 3. The predicted molar refractivity (Wildman–Crippen MR) is 116 cm³/mol. The SMILES string of the molecule is CCC(Oc1ncccc1Oc1cc(-n2c(=O)cc(C(F)(F)F)n(N)c2=O)c(F)cc1Cl)C(C)=O. The van der Waals surface area contributed by atoms with Gasteiger partial charge in [0.25, 0.3) is 11.4 Å². The van der Waals surface area contributed by atoms with Gasteiger partial charge < -0.3 is 15.3 Å². The number of benzene rings is 1. The Labute approximate surface area is 199 Å². The van der Waals surface area contributed by atoms with E-state index in [0.717, 1.165) is 6.07 Å². The van der Waals surface area contributed by atoms with Crippen LogP contribution in [0, 0.1) is 5.82 Å². The van der Waals surface area contributed by atoms with Crippen LogP contribution in [0.25, 0.3) is 5.69 Å². The standard InChI is InChI=1S/C21H17ClF4N4O5/c1-3-14(10(2)31)35-19-15(5-4-6-28-19)34-16-8-13(12(23)7-11(16)22)29-18(32)9-17(21(24,25)26)30(27)20(29)33/h4-9,14H,3,27H2,1-2H3. The minimum Gasteiger partial charge on any atom is -0.464 e. The highest BCUT2D eigenvalue weighted by atomic mass is 35.5. The summed E-state index contributed by atoms with van der Waals surface area (Å²) in [7, 11) is 0. The van der Waals surface area contributed by atoms with Crippen LogP contribution in [-0.2, 0) is 11.0 Å². The van der Waals surface area contributed by atoms with Gasteiger partial charge in [-0.15, -0.1) is 0 Å². The fourth-order valence-corrected chi connectivity index (χ4v) is 3.20. The van der Waals surface area contributed by atoms with Gasteiger partial charge in [0, 0.05) is 18.3 Å². The molecule has 0 bridgehead atoms. The molecule has 1 aromatic carbocycles. The summed E-state index contributed by atoms with van der Waals surface area (Å²) in [6, 6.07) is 4.43. The van der Waals surface area contributed by atoms with Crippen molar-refractivity contribution in [2.24, 2.45) is 0 Å². The quantitative estimate of drug-likeness (QED) is 0.377. The maximum atomic E-state index is 14.7. The number of Topliss-reactive ketones (excluding diaryl/α,β-unsaturated/α-hetero) is 1. The number of carbonyl (C=O) groups excluding carboxylic acids is 1. The van der Waals surface area contributed by atoms with E-state index in [4.69, 9.17) is 26.9 Å². The van der Waals surface area contributed by atoms with Crippen LogP contribution >= 0.6 is 11.6 Å². The van der Waals surface area contributed by atoms with Gasteiger partial charge in [0.05, 0.1) is 10.7 Å². The van der Waals surface area contributed by atoms with Gasteiger partial charge in [-0.2, -0.15) is 13.2 Å². The third-order valence-corrected chi connectivity index (χ3v) is 5.00. The van der Waals surface area contributed by atoms with Crippen LogP contribution in [0.2, 0.25) is 5.02 Å². The molecule has 3 rings (SSSR count). The third-order valence-electron chi connectivity index (χ3n) is 4.70. The third kappa shape index (κ3) is 5.29. The summed E-state index contributed by atoms with van der Waals surface area (Å²) in [5.74, 6) is 3.27. The lowest BCUT2D eigenvalue weighted by Crippen LogP contribution is -2.45. The van der Waals surface area contributed by atoms with Crippen molar-refractivity contribution in [1.29, 1.82) is 0 Å². The average molecular weight is 517 g/mol. The first-order chi connectivity index (χ1) is 16.3. The summed E-state index contributed by atoms with van der Waals surface area (Å²) in [6.45, 7) is 3.04. The van der Waals surface area contributed by atoms with Crippen molar-refractivity contribution in [2.45, 2.75) is 32.5 Å². The van der Waals surface area contributed by atoms with Crippen LogP contribution in [0.1, 0.15) is 26.0 Å². The molecule has 0 aliphatic rings. The molecule has 2 heterocycles. The van der Waals surface area contributed by atoms with Crippen LogP contribution in [0.4, 0.5) is 17.6 Å². The van der Waals surface area contributed by atoms with E-state index >= 15 is 0 Å². The van der Waals surface area contributed by atoms with E-state index in [-0.39, 0.29) is 43.5 Å². The van der Waals surface area contributed by atoms with E-state index < -0.39 is 40.7 Å². The van der Waals surface area contributed by atoms with Gasteiger partial charge >= 0.3 is 11.9 Å². The second kappa shape index (κ2) is 9.78. The number of hydrogen-bond donors (Lipinski definition) is 1. The molecule has 14 heteroatoms. The lowest BCUT2D eigenvalue weighted by Gasteiger charge is -2.17. The first-order valence-corrected chi connectivity index (χ1v) is 10.2. The molecule has 0 aliphatic heterocycles. The van der Waals surface area contributed by atoms with Gasteiger partial charge in [0.1, 0.15) is 11.6 Å². The molecule has 9 nitrogen and oxygen atoms in total. The number of nitrogens with zero attached hydrogens (tertiary/aromatic N) is 3. The Morgan fingerprint density at radius 2 is 1.91 bits per heavy atom. The zero-order chi connectivity index (χ0) is 26.1. The van der Waals surface area contributed by atoms with Gasteiger partial charge in [-0.3, -0.25) is 9.59 Å². The normalized spacial score (nSPS) is 12.3. The fourth-order valence-electron chi connectivity index (χ4n) is 3.01. The average Bonchev–Trinajstić information content (AvgIpc) is 2.77. The van der Waals surface area contributed by atoms with Crippen LogP contribution in [0.5, 0.6) is 17.4 Å². The first-order valence-electron chi connectivity index (χ1n) is 9.85. The van der Waals surface area contributed by atoms with Gasteiger partial charge in [-0.1, -0.05) is 18.5 Å². The molecular formula is C21H17ClF4N4O5. The van der Waals surface area contributed by atoms with E-state index in [0.29, 0.717) is 12.5 Å². The number of ketones is 1. The number of pyridine rings is 1. The first kappa shape index (κ1) is 25.7. The molecule has 2 N–H and O–H groups in total. The van der Waals surface area contributed by atoms with Gasteiger partial charge in [0.2, 0.25) is 0 Å². The van der Waals surface area contributed by atoms with Crippen LogP contribution in [0.15, 0.2) is 46.1 Å². The summed E-state index contributed by atoms with van der Waals surface area (Å²) in [4.78, 5) is 40.5. The minimum atomic E-state index is -5.11. The van der Waals surface area contributed by atoms with Crippen LogP contribution in [-0.4, -0.2) is 26.1 Å². The Morgan fingerprint density at radius 1 is 1.23 bits per heavy atom. The largest absolute Gasteiger partial charge is 0.464 e. The maximum absolute atomic E-state index is 14.7. The number of carbonyl (C=O) groups is 1. The number of halogens is 5. The molecule has 0 saturated heterocycles. The summed E-state index contributed by atoms with van der Waals surface area (Å²) >= 11 is 6.05. The summed E-state index contributed by atoms with van der Waals surface area (Å²) in [5.41, 5.74) is -5.64. The van der Waals surface area contributed by atoms with Crippen LogP contribution in [0.3, 0.4) is 0 Å². The Hall–Kier alpha value is -3.87. The van der Waals surface area contributed by atoms with Crippen molar-refractivity contribution in [3.05, 3.63) is 73.9 Å². The molecule has 3 aromatic rings. The van der Waals surface area contributed by atoms with E-state index in [1.54, 1.807) is 6.92 Å². The molecule has 0 aliphatic carbocycles. The molecule has 0 fully saturated rings. The molecule has 0 amide bonds. The topological polar surface area (TPSA) is 118 Å². The number of nitrogens with two attached hydrogens (primary N) is 1. The Kier molecular flexibility index (Phi) is 7.19. The molecule has 186 valence electrons. The molecule has 1 unspecified atom stereocenters. The molecule has 35 heavy (non-hydrogen) atoms. The lowest BCUT2D eigenvalue weighted by molar-refractivity contribution is -0.143. The summed E-state index contributed by atoms with van der Waals surface area (Å²) in [6.07, 6.45) is -4.25. The number of nitrogen functional groups attached to an aromatic ring is 1. The number of ether oxygens (including phenoxy) is 2. The van der Waals surface area contributed by atoms with Crippen molar-refractivity contribution in [3.8, 4) is 23.1 Å². The lowest BCUT2D eigenvalue weighted by atomic mass is 10.2. The Morgan fingerprint density at radius 3 is 2.51 bits per heavy atom. The Bertz CT molecular complexity index is 1400. The van der Waals surface area contributed by atoms with Gasteiger partial charge in [-0.05, 0) is 31.5 Å². The number of hydrogen-bond acceptors (Lipinski definition) is 7. The second-order valence-electron chi connectivity index (χ2n) is 7.12. The van der Waals surface area contributed by atoms with Crippen molar-refractivity contribution < 1.29 is 31.8 Å². The van der Waals surface area contributed by atoms with Crippen molar-refractivity contribution in [2.75, 3.05) is 5.84 Å². The van der Waals surface area contributed by atoms with E-state index in [1.807, 2.05) is 0 Å². The summed E-state index contributed by atoms with van der Waals surface area (Å²) in [5, 5.41) is -0.312. The molecule has 1 atom stereocenters. The number of alkyl halides is 3. The maximum Gasteiger partial charge on any atom is 0.433 e. The van der Waals surface area contributed by atoms with Gasteiger partial charge in [-0.25, -0.2) is 23.4 Å². The van der Waals surface area contributed by atoms with Crippen molar-refractivity contribution in [3.63, 3.8) is 0 Å². The molecular weight excluding hydrogens is 500 g/mol. The fraction of sp³-hybridized carbons (Fsp3) is 0.238. The van der Waals surface area contributed by atoms with Crippen molar-refractivity contribution in [1.82, 2.24) is 14.2 Å². The minimum absolute atomic E-state index is 0.0513. The Balaban J connectivity index is 2.11. The number of rotatable bonds is 7. The zero-order valence-corrected chi connectivity index (χ0v) is 18.9. The van der Waals surface area contributed by atoms with E-state index in [9.17, 15) is 31.9 Å². The predicted octanol–water partition coefficient (Wildman–Crippen LogP) is 3.46. The highest BCUT2D eigenvalue weighted by Gasteiger charge is 2.36. The molecule has 0 spiro atoms. The highest BCUT2D eigenvalue weighted by Crippen LogP contribution is 2.36. The smallest absolute Gasteiger partial charge is 0.433 e. The molecule has 2 aromatic heterocycles. The van der Waals surface area contributed by atoms with E-state index in [2.05, 4.69) is 4.98 Å². The van der Waals surface area contributed by atoms with Crippen LogP contribution < -0.4 is 26.6 Å². The monoisotopic (exact) mass is 516 g/mol. The zero-order valence-electron chi connectivity index (χ0n) is 18.1. The molecule has 0 radical (unpaired) electrons. The van der Waals surface area contributed by atoms with Gasteiger partial charge in [0.15, 0.2) is 23.3 Å². The highest BCUT2D eigenvalue weighted by molar-refractivity contribution is 6.32. The second-order valence-corrected chi connectivity index (χ2v) is 7.53. The summed E-state index contributed by atoms with van der Waals surface area (Å²) < 4.78 is 64.8. The molecule has 0 saturated carbocycles. The van der Waals surface area contributed by atoms with Crippen molar-refractivity contribution >= 4 is 17.4 Å². The van der Waals surface area contributed by atoms with E-state index in [1.165, 1.54) is 25.3 Å².